The van der Waals surface area contributed by atoms with Crippen LogP contribution >= 0.6 is 0 Å². The lowest BCUT2D eigenvalue weighted by atomic mass is 9.92. The second-order valence-electron chi connectivity index (χ2n) is 9.03. The van der Waals surface area contributed by atoms with Crippen LogP contribution in [0.4, 0.5) is 0 Å². The lowest BCUT2D eigenvalue weighted by molar-refractivity contribution is -0.139. The molecule has 152 valence electrons. The molecular weight excluding hydrogens is 358 g/mol. The number of carbonyl (C=O) groups excluding carboxylic acids is 1. The summed E-state index contributed by atoms with van der Waals surface area (Å²) in [5, 5.41) is 0. The van der Waals surface area contributed by atoms with Crippen LogP contribution in [0.1, 0.15) is 56.9 Å². The fourth-order valence-corrected chi connectivity index (χ4v) is 5.78. The molecule has 0 N–H and O–H groups in total. The topological polar surface area (TPSA) is 36.4 Å². The van der Waals surface area contributed by atoms with Crippen molar-refractivity contribution in [2.75, 3.05) is 13.1 Å². The normalized spacial score (nSPS) is 25.9. The maximum Gasteiger partial charge on any atom is 0.243 e. The summed E-state index contributed by atoms with van der Waals surface area (Å²) in [6, 6.07) is 13.4. The molecule has 0 bridgehead atoms. The van der Waals surface area contributed by atoms with Crippen molar-refractivity contribution in [3.8, 4) is 11.1 Å². The first-order chi connectivity index (χ1) is 14.3. The number of benzene rings is 1. The summed E-state index contributed by atoms with van der Waals surface area (Å²) in [5.74, 6) is 0.426. The van der Waals surface area contributed by atoms with E-state index in [-0.39, 0.29) is 5.54 Å². The molecule has 3 aliphatic rings. The number of hydrogen-bond donors (Lipinski definition) is 0. The van der Waals surface area contributed by atoms with Gasteiger partial charge in [-0.05, 0) is 67.5 Å². The van der Waals surface area contributed by atoms with Crippen LogP contribution in [0.2, 0.25) is 0 Å². The average Bonchev–Trinajstić information content (AvgIpc) is 3.34. The third-order valence-corrected chi connectivity index (χ3v) is 7.41. The summed E-state index contributed by atoms with van der Waals surface area (Å²) < 4.78 is 0. The molecule has 4 heteroatoms. The van der Waals surface area contributed by atoms with E-state index in [0.717, 1.165) is 38.9 Å². The second-order valence-corrected chi connectivity index (χ2v) is 9.03. The van der Waals surface area contributed by atoms with Crippen LogP contribution in [0.15, 0.2) is 48.8 Å². The molecule has 2 aliphatic heterocycles. The molecule has 1 amide bonds. The van der Waals surface area contributed by atoms with Crippen molar-refractivity contribution < 1.29 is 4.79 Å². The van der Waals surface area contributed by atoms with E-state index in [9.17, 15) is 4.79 Å². The molecule has 2 aromatic rings. The first kappa shape index (κ1) is 18.8. The number of hydrogen-bond acceptors (Lipinski definition) is 3. The SMILES string of the molecule is O=C1N(C2CCCCC2)CCC12CCCN2Cc1ccc(-c2ccncc2)cc1. The predicted octanol–water partition coefficient (Wildman–Crippen LogP) is 4.65. The fourth-order valence-electron chi connectivity index (χ4n) is 5.78. The molecule has 1 aliphatic carbocycles. The highest BCUT2D eigenvalue weighted by Crippen LogP contribution is 2.41. The third kappa shape index (κ3) is 3.48. The minimum absolute atomic E-state index is 0.235. The molecule has 4 nitrogen and oxygen atoms in total. The lowest BCUT2D eigenvalue weighted by Crippen LogP contribution is -2.51. The number of aromatic nitrogens is 1. The minimum atomic E-state index is -0.235. The van der Waals surface area contributed by atoms with Gasteiger partial charge in [0.2, 0.25) is 5.91 Å². The molecule has 1 aromatic heterocycles. The molecule has 1 spiro atoms. The van der Waals surface area contributed by atoms with E-state index in [1.165, 1.54) is 48.8 Å². The van der Waals surface area contributed by atoms with Crippen LogP contribution in [0, 0.1) is 0 Å². The number of amides is 1. The Kier molecular flexibility index (Phi) is 5.13. The Balaban J connectivity index is 1.30. The van der Waals surface area contributed by atoms with Crippen molar-refractivity contribution in [1.29, 1.82) is 0 Å². The number of nitrogens with zero attached hydrogens (tertiary/aromatic N) is 3. The summed E-state index contributed by atoms with van der Waals surface area (Å²) in [6.45, 7) is 2.87. The van der Waals surface area contributed by atoms with Crippen molar-refractivity contribution in [3.63, 3.8) is 0 Å². The van der Waals surface area contributed by atoms with Gasteiger partial charge in [0, 0.05) is 31.5 Å². The summed E-state index contributed by atoms with van der Waals surface area (Å²) in [7, 11) is 0. The standard InChI is InChI=1S/C25H31N3O/c29-24-25(14-18-28(24)23-5-2-1-3-6-23)13-4-17-27(25)19-20-7-9-21(10-8-20)22-11-15-26-16-12-22/h7-12,15-16,23H,1-6,13-14,17-19H2. The summed E-state index contributed by atoms with van der Waals surface area (Å²) in [5.41, 5.74) is 3.47. The Morgan fingerprint density at radius 1 is 0.862 bits per heavy atom. The van der Waals surface area contributed by atoms with Crippen LogP contribution in [0.25, 0.3) is 11.1 Å². The van der Waals surface area contributed by atoms with Gasteiger partial charge in [0.1, 0.15) is 5.54 Å². The lowest BCUT2D eigenvalue weighted by Gasteiger charge is -2.36. The number of pyridine rings is 1. The van der Waals surface area contributed by atoms with E-state index in [0.29, 0.717) is 11.9 Å². The van der Waals surface area contributed by atoms with Gasteiger partial charge in [-0.15, -0.1) is 0 Å². The first-order valence-electron chi connectivity index (χ1n) is 11.3. The smallest absolute Gasteiger partial charge is 0.243 e. The largest absolute Gasteiger partial charge is 0.338 e. The monoisotopic (exact) mass is 389 g/mol. The van der Waals surface area contributed by atoms with Gasteiger partial charge in [-0.3, -0.25) is 14.7 Å². The average molecular weight is 390 g/mol. The van der Waals surface area contributed by atoms with Crippen LogP contribution in [0.3, 0.4) is 0 Å². The maximum atomic E-state index is 13.5. The van der Waals surface area contributed by atoms with Crippen LogP contribution < -0.4 is 0 Å². The summed E-state index contributed by atoms with van der Waals surface area (Å²) in [6.07, 6.45) is 13.2. The van der Waals surface area contributed by atoms with E-state index >= 15 is 0 Å². The van der Waals surface area contributed by atoms with Crippen LogP contribution in [-0.2, 0) is 11.3 Å². The molecule has 1 aromatic carbocycles. The number of rotatable bonds is 4. The van der Waals surface area contributed by atoms with E-state index in [1.807, 2.05) is 24.5 Å². The molecule has 5 rings (SSSR count). The molecule has 3 heterocycles. The van der Waals surface area contributed by atoms with Crippen LogP contribution in [0.5, 0.6) is 0 Å². The second kappa shape index (κ2) is 7.91. The highest BCUT2D eigenvalue weighted by molar-refractivity contribution is 5.89. The van der Waals surface area contributed by atoms with Crippen molar-refractivity contribution in [1.82, 2.24) is 14.8 Å². The molecular formula is C25H31N3O. The molecule has 0 radical (unpaired) electrons. The van der Waals surface area contributed by atoms with Gasteiger partial charge in [-0.1, -0.05) is 43.5 Å². The zero-order valence-electron chi connectivity index (χ0n) is 17.2. The van der Waals surface area contributed by atoms with Crippen molar-refractivity contribution in [2.45, 2.75) is 69.5 Å². The van der Waals surface area contributed by atoms with E-state index < -0.39 is 0 Å². The molecule has 1 atom stereocenters. The number of carbonyl (C=O) groups is 1. The first-order valence-corrected chi connectivity index (χ1v) is 11.3. The number of likely N-dealkylation sites (tertiary alicyclic amines) is 2. The van der Waals surface area contributed by atoms with Gasteiger partial charge >= 0.3 is 0 Å². The third-order valence-electron chi connectivity index (χ3n) is 7.41. The Morgan fingerprint density at radius 3 is 2.34 bits per heavy atom. The Morgan fingerprint density at radius 2 is 1.59 bits per heavy atom. The van der Waals surface area contributed by atoms with Gasteiger partial charge < -0.3 is 4.90 Å². The van der Waals surface area contributed by atoms with Crippen molar-refractivity contribution in [2.24, 2.45) is 0 Å². The Labute approximate surface area is 173 Å². The highest BCUT2D eigenvalue weighted by atomic mass is 16.2. The van der Waals surface area contributed by atoms with Crippen molar-refractivity contribution in [3.05, 3.63) is 54.4 Å². The molecule has 3 fully saturated rings. The van der Waals surface area contributed by atoms with Crippen LogP contribution in [-0.4, -0.2) is 45.4 Å². The van der Waals surface area contributed by atoms with Gasteiger partial charge in [0.25, 0.3) is 0 Å². The molecule has 29 heavy (non-hydrogen) atoms. The molecule has 1 unspecified atom stereocenters. The van der Waals surface area contributed by atoms with Crippen molar-refractivity contribution >= 4 is 5.91 Å². The predicted molar refractivity (Wildman–Crippen MR) is 115 cm³/mol. The molecule has 1 saturated carbocycles. The minimum Gasteiger partial charge on any atom is -0.338 e. The maximum absolute atomic E-state index is 13.5. The Bertz CT molecular complexity index is 844. The van der Waals surface area contributed by atoms with Gasteiger partial charge in [-0.2, -0.15) is 0 Å². The van der Waals surface area contributed by atoms with Gasteiger partial charge in [0.15, 0.2) is 0 Å². The summed E-state index contributed by atoms with van der Waals surface area (Å²) in [4.78, 5) is 22.4. The molecule has 2 saturated heterocycles. The zero-order valence-corrected chi connectivity index (χ0v) is 17.2. The summed E-state index contributed by atoms with van der Waals surface area (Å²) >= 11 is 0. The highest BCUT2D eigenvalue weighted by Gasteiger charge is 2.54. The van der Waals surface area contributed by atoms with E-state index in [4.69, 9.17) is 0 Å². The van der Waals surface area contributed by atoms with E-state index in [1.54, 1.807) is 0 Å². The quantitative estimate of drug-likeness (QED) is 0.764. The Hall–Kier alpha value is -2.20. The van der Waals surface area contributed by atoms with Gasteiger partial charge in [0.05, 0.1) is 0 Å². The zero-order chi connectivity index (χ0) is 19.7. The fraction of sp³-hybridized carbons (Fsp3) is 0.520. The van der Waals surface area contributed by atoms with Gasteiger partial charge in [-0.25, -0.2) is 0 Å². The van der Waals surface area contributed by atoms with E-state index in [2.05, 4.69) is 39.0 Å².